The van der Waals surface area contributed by atoms with Crippen molar-refractivity contribution in [2.75, 3.05) is 18.5 Å². The van der Waals surface area contributed by atoms with Crippen molar-refractivity contribution in [3.8, 4) is 0 Å². The molecule has 0 spiro atoms. The molecule has 3 amide bonds. The average Bonchev–Trinajstić information content (AvgIpc) is 3.45. The molecule has 1 saturated heterocycles. The van der Waals surface area contributed by atoms with Crippen LogP contribution in [0, 0.1) is 0 Å². The van der Waals surface area contributed by atoms with Gasteiger partial charge in [0.05, 0.1) is 29.8 Å². The molecule has 156 valence electrons. The van der Waals surface area contributed by atoms with Gasteiger partial charge in [-0.05, 0) is 38.0 Å². The summed E-state index contributed by atoms with van der Waals surface area (Å²) in [5.41, 5.74) is 0.910. The highest BCUT2D eigenvalue weighted by Crippen LogP contribution is 2.33. The van der Waals surface area contributed by atoms with Gasteiger partial charge in [0.15, 0.2) is 0 Å². The second-order valence-corrected chi connectivity index (χ2v) is 8.05. The molecule has 2 aromatic rings. The van der Waals surface area contributed by atoms with Crippen molar-refractivity contribution < 1.29 is 28.7 Å². The SMILES string of the molecule is CCOC(=O)c1cc(CN2C(=O)c3ccccc3C2=O)sc1NC(=O)C1CCCO1. The van der Waals surface area contributed by atoms with Gasteiger partial charge in [0.1, 0.15) is 11.1 Å². The van der Waals surface area contributed by atoms with Gasteiger partial charge in [-0.25, -0.2) is 4.79 Å². The molecule has 1 N–H and O–H groups in total. The quantitative estimate of drug-likeness (QED) is 0.561. The van der Waals surface area contributed by atoms with E-state index in [4.69, 9.17) is 9.47 Å². The van der Waals surface area contributed by atoms with Crippen molar-refractivity contribution in [1.82, 2.24) is 4.90 Å². The first-order chi connectivity index (χ1) is 14.5. The predicted octanol–water partition coefficient (Wildman–Crippen LogP) is 2.84. The number of nitrogens with zero attached hydrogens (tertiary/aromatic N) is 1. The minimum absolute atomic E-state index is 0.000776. The minimum atomic E-state index is -0.579. The van der Waals surface area contributed by atoms with Crippen LogP contribution in [0.2, 0.25) is 0 Å². The normalized spacial score (nSPS) is 17.9. The molecule has 2 aliphatic heterocycles. The Morgan fingerprint density at radius 2 is 1.93 bits per heavy atom. The van der Waals surface area contributed by atoms with Gasteiger partial charge >= 0.3 is 5.97 Å². The molecule has 1 aromatic heterocycles. The highest BCUT2D eigenvalue weighted by atomic mass is 32.1. The zero-order valence-corrected chi connectivity index (χ0v) is 17.1. The second kappa shape index (κ2) is 8.37. The summed E-state index contributed by atoms with van der Waals surface area (Å²) in [6.45, 7) is 2.40. The van der Waals surface area contributed by atoms with E-state index in [0.717, 1.165) is 22.7 Å². The summed E-state index contributed by atoms with van der Waals surface area (Å²) >= 11 is 1.14. The highest BCUT2D eigenvalue weighted by Gasteiger charge is 2.36. The van der Waals surface area contributed by atoms with Gasteiger partial charge in [0, 0.05) is 11.5 Å². The van der Waals surface area contributed by atoms with Crippen molar-refractivity contribution in [2.45, 2.75) is 32.4 Å². The van der Waals surface area contributed by atoms with Gasteiger partial charge in [0.2, 0.25) is 0 Å². The molecule has 30 heavy (non-hydrogen) atoms. The summed E-state index contributed by atoms with van der Waals surface area (Å²) in [4.78, 5) is 51.8. The molecule has 4 rings (SSSR count). The van der Waals surface area contributed by atoms with Gasteiger partial charge in [-0.15, -0.1) is 11.3 Å². The van der Waals surface area contributed by atoms with Gasteiger partial charge in [0.25, 0.3) is 17.7 Å². The molecule has 2 aliphatic rings. The summed E-state index contributed by atoms with van der Waals surface area (Å²) in [5.74, 6) is -1.67. The standard InChI is InChI=1S/C21H20N2O6S/c1-2-28-21(27)15-10-12(30-18(15)22-17(24)16-8-5-9-29-16)11-23-19(25)13-6-3-4-7-14(13)20(23)26/h3-4,6-7,10,16H,2,5,8-9,11H2,1H3,(H,22,24). The monoisotopic (exact) mass is 428 g/mol. The molecule has 1 fully saturated rings. The maximum atomic E-state index is 12.6. The van der Waals surface area contributed by atoms with Crippen LogP contribution in [0.3, 0.4) is 0 Å². The number of rotatable bonds is 6. The first kappa shape index (κ1) is 20.2. The molecule has 0 radical (unpaired) electrons. The minimum Gasteiger partial charge on any atom is -0.462 e. The molecule has 8 nitrogen and oxygen atoms in total. The van der Waals surface area contributed by atoms with E-state index >= 15 is 0 Å². The number of ether oxygens (including phenoxy) is 2. The number of amides is 3. The van der Waals surface area contributed by atoms with Crippen LogP contribution in [0.5, 0.6) is 0 Å². The largest absolute Gasteiger partial charge is 0.462 e. The Labute approximate surface area is 176 Å². The zero-order valence-electron chi connectivity index (χ0n) is 16.3. The lowest BCUT2D eigenvalue weighted by molar-refractivity contribution is -0.124. The van der Waals surface area contributed by atoms with Crippen molar-refractivity contribution in [3.63, 3.8) is 0 Å². The number of esters is 1. The number of fused-ring (bicyclic) bond motifs is 1. The topological polar surface area (TPSA) is 102 Å². The average molecular weight is 428 g/mol. The number of imide groups is 1. The van der Waals surface area contributed by atoms with Crippen LogP contribution in [-0.2, 0) is 20.8 Å². The molecule has 0 saturated carbocycles. The van der Waals surface area contributed by atoms with Crippen LogP contribution in [0.25, 0.3) is 0 Å². The van der Waals surface area contributed by atoms with Crippen molar-refractivity contribution in [1.29, 1.82) is 0 Å². The Hall–Kier alpha value is -3.04. The van der Waals surface area contributed by atoms with Crippen molar-refractivity contribution in [2.24, 2.45) is 0 Å². The van der Waals surface area contributed by atoms with Crippen molar-refractivity contribution in [3.05, 3.63) is 51.9 Å². The lowest BCUT2D eigenvalue weighted by Crippen LogP contribution is -2.28. The number of nitrogens with one attached hydrogen (secondary N) is 1. The lowest BCUT2D eigenvalue weighted by Gasteiger charge is -2.12. The van der Waals surface area contributed by atoms with Crippen LogP contribution in [0.4, 0.5) is 5.00 Å². The zero-order chi connectivity index (χ0) is 21.3. The van der Waals surface area contributed by atoms with E-state index in [1.165, 1.54) is 0 Å². The predicted molar refractivity (Wildman–Crippen MR) is 109 cm³/mol. The first-order valence-corrected chi connectivity index (χ1v) is 10.5. The van der Waals surface area contributed by atoms with Gasteiger partial charge < -0.3 is 14.8 Å². The maximum absolute atomic E-state index is 12.6. The number of benzene rings is 1. The third kappa shape index (κ3) is 3.73. The molecular weight excluding hydrogens is 408 g/mol. The second-order valence-electron chi connectivity index (χ2n) is 6.91. The number of carbonyl (C=O) groups excluding carboxylic acids is 4. The third-order valence-electron chi connectivity index (χ3n) is 4.93. The smallest absolute Gasteiger partial charge is 0.341 e. The number of hydrogen-bond acceptors (Lipinski definition) is 7. The molecular formula is C21H20N2O6S. The summed E-state index contributed by atoms with van der Waals surface area (Å²) in [6, 6.07) is 8.19. The van der Waals surface area contributed by atoms with Gasteiger partial charge in [-0.2, -0.15) is 0 Å². The molecule has 9 heteroatoms. The van der Waals surface area contributed by atoms with Crippen LogP contribution in [-0.4, -0.2) is 47.9 Å². The Kier molecular flexibility index (Phi) is 5.65. The number of carbonyl (C=O) groups is 4. The fourth-order valence-corrected chi connectivity index (χ4v) is 4.53. The van der Waals surface area contributed by atoms with E-state index in [9.17, 15) is 19.2 Å². The molecule has 1 unspecified atom stereocenters. The van der Waals surface area contributed by atoms with Crippen molar-refractivity contribution >= 4 is 40.0 Å². The number of thiophene rings is 1. The van der Waals surface area contributed by atoms with Crippen LogP contribution >= 0.6 is 11.3 Å². The Morgan fingerprint density at radius 3 is 2.53 bits per heavy atom. The van der Waals surface area contributed by atoms with E-state index in [2.05, 4.69) is 5.32 Å². The van der Waals surface area contributed by atoms with Crippen LogP contribution in [0.15, 0.2) is 30.3 Å². The molecule has 1 atom stereocenters. The van der Waals surface area contributed by atoms with E-state index in [0.29, 0.717) is 34.0 Å². The fraction of sp³-hybridized carbons (Fsp3) is 0.333. The number of hydrogen-bond donors (Lipinski definition) is 1. The summed E-state index contributed by atoms with van der Waals surface area (Å²) in [5, 5.41) is 3.06. The number of anilines is 1. The first-order valence-electron chi connectivity index (χ1n) is 9.67. The Bertz CT molecular complexity index is 989. The molecule has 0 bridgehead atoms. The molecule has 0 aliphatic carbocycles. The van der Waals surface area contributed by atoms with E-state index in [1.807, 2.05) is 0 Å². The van der Waals surface area contributed by atoms with E-state index in [1.54, 1.807) is 37.3 Å². The fourth-order valence-electron chi connectivity index (χ4n) is 3.49. The third-order valence-corrected chi connectivity index (χ3v) is 5.96. The highest BCUT2D eigenvalue weighted by molar-refractivity contribution is 7.16. The summed E-state index contributed by atoms with van der Waals surface area (Å²) in [6.07, 6.45) is 0.869. The summed E-state index contributed by atoms with van der Waals surface area (Å²) < 4.78 is 10.5. The van der Waals surface area contributed by atoms with Crippen LogP contribution in [0.1, 0.15) is 55.7 Å². The van der Waals surface area contributed by atoms with Gasteiger partial charge in [-0.3, -0.25) is 19.3 Å². The van der Waals surface area contributed by atoms with E-state index in [-0.39, 0.29) is 36.4 Å². The Morgan fingerprint density at radius 1 is 1.23 bits per heavy atom. The Balaban J connectivity index is 1.58. The van der Waals surface area contributed by atoms with Crippen LogP contribution < -0.4 is 5.32 Å². The summed E-state index contributed by atoms with van der Waals surface area (Å²) in [7, 11) is 0. The lowest BCUT2D eigenvalue weighted by atomic mass is 10.1. The van der Waals surface area contributed by atoms with Gasteiger partial charge in [-0.1, -0.05) is 12.1 Å². The molecule has 1 aromatic carbocycles. The maximum Gasteiger partial charge on any atom is 0.341 e. The van der Waals surface area contributed by atoms with E-state index < -0.39 is 12.1 Å². The molecule has 3 heterocycles.